The first-order valence-corrected chi connectivity index (χ1v) is 11.0. The number of H-pyrrole nitrogens is 2. The van der Waals surface area contributed by atoms with E-state index in [0.29, 0.717) is 17.5 Å². The van der Waals surface area contributed by atoms with E-state index >= 15 is 0 Å². The molecule has 10 nitrogen and oxygen atoms in total. The highest BCUT2D eigenvalue weighted by Gasteiger charge is 2.19. The zero-order valence-electron chi connectivity index (χ0n) is 20.4. The number of nitrogens with one attached hydrogen (secondary N) is 2. The summed E-state index contributed by atoms with van der Waals surface area (Å²) in [6.07, 6.45) is 0.471. The lowest BCUT2D eigenvalue weighted by Crippen LogP contribution is -2.07. The monoisotopic (exact) mass is 492 g/mol. The van der Waals surface area contributed by atoms with Crippen molar-refractivity contribution in [3.05, 3.63) is 47.3 Å². The third-order valence-corrected chi connectivity index (χ3v) is 5.31. The number of benzene rings is 2. The fourth-order valence-corrected chi connectivity index (χ4v) is 4.04. The summed E-state index contributed by atoms with van der Waals surface area (Å²) in [6, 6.07) is 8.41. The molecule has 0 unspecified atom stereocenters. The minimum atomic E-state index is -0.542. The number of aryl methyl sites for hydroxylation is 1. The Bertz CT molecular complexity index is 1490. The molecule has 0 fully saturated rings. The first kappa shape index (κ1) is 24.5. The molecule has 0 aliphatic carbocycles. The molecule has 2 aromatic carbocycles. The van der Waals surface area contributed by atoms with Gasteiger partial charge in [0.1, 0.15) is 0 Å². The third kappa shape index (κ3) is 5.22. The van der Waals surface area contributed by atoms with Crippen LogP contribution >= 0.6 is 0 Å². The molecule has 2 aromatic heterocycles. The second-order valence-electron chi connectivity index (χ2n) is 8.31. The second-order valence-corrected chi connectivity index (χ2v) is 8.31. The number of aromatic nitrogens is 2. The Kier molecular flexibility index (Phi) is 6.52. The minimum Gasteiger partial charge on any atom is -0.423 e. The van der Waals surface area contributed by atoms with E-state index in [9.17, 15) is 19.2 Å². The molecule has 0 bridgehead atoms. The van der Waals surface area contributed by atoms with Gasteiger partial charge < -0.3 is 28.9 Å². The molecule has 0 amide bonds. The van der Waals surface area contributed by atoms with E-state index in [1.54, 1.807) is 24.3 Å². The van der Waals surface area contributed by atoms with Crippen molar-refractivity contribution in [1.82, 2.24) is 9.97 Å². The van der Waals surface area contributed by atoms with Crippen molar-refractivity contribution in [2.45, 2.75) is 41.0 Å². The van der Waals surface area contributed by atoms with Crippen molar-refractivity contribution in [2.24, 2.45) is 0 Å². The van der Waals surface area contributed by atoms with Crippen LogP contribution in [0.3, 0.4) is 0 Å². The van der Waals surface area contributed by atoms with Gasteiger partial charge in [0.2, 0.25) is 0 Å². The van der Waals surface area contributed by atoms with Gasteiger partial charge in [-0.15, -0.1) is 0 Å². The smallest absolute Gasteiger partial charge is 0.308 e. The van der Waals surface area contributed by atoms with Gasteiger partial charge in [-0.1, -0.05) is 0 Å². The maximum Gasteiger partial charge on any atom is 0.308 e. The SMILES string of the molecule is CC(=O)Oc1cc2cc(Cc3c(C)[nH]c4cc(OC(C)=O)c(OC(C)=O)cc34)[nH]c2cc1OC(C)=O. The molecule has 0 saturated carbocycles. The Labute approximate surface area is 205 Å². The van der Waals surface area contributed by atoms with E-state index in [4.69, 9.17) is 18.9 Å². The van der Waals surface area contributed by atoms with Gasteiger partial charge in [0.15, 0.2) is 23.0 Å². The first-order chi connectivity index (χ1) is 17.0. The molecule has 4 rings (SSSR count). The van der Waals surface area contributed by atoms with E-state index < -0.39 is 23.9 Å². The van der Waals surface area contributed by atoms with E-state index in [1.165, 1.54) is 27.7 Å². The van der Waals surface area contributed by atoms with Gasteiger partial charge in [-0.3, -0.25) is 19.2 Å². The van der Waals surface area contributed by atoms with Crippen molar-refractivity contribution in [3.63, 3.8) is 0 Å². The Morgan fingerprint density at radius 1 is 0.639 bits per heavy atom. The Hall–Kier alpha value is -4.60. The number of rotatable bonds is 6. The number of aromatic amines is 2. The first-order valence-electron chi connectivity index (χ1n) is 11.0. The molecular weight excluding hydrogens is 468 g/mol. The maximum absolute atomic E-state index is 11.6. The van der Waals surface area contributed by atoms with E-state index in [1.807, 2.05) is 13.0 Å². The lowest BCUT2D eigenvalue weighted by molar-refractivity contribution is -0.134. The number of esters is 4. The van der Waals surface area contributed by atoms with Crippen LogP contribution in [0, 0.1) is 6.92 Å². The van der Waals surface area contributed by atoms with E-state index in [-0.39, 0.29) is 23.0 Å². The number of carbonyl (C=O) groups excluding carboxylic acids is 4. The van der Waals surface area contributed by atoms with Crippen molar-refractivity contribution in [2.75, 3.05) is 0 Å². The quantitative estimate of drug-likeness (QED) is 0.301. The van der Waals surface area contributed by atoms with E-state index in [0.717, 1.165) is 27.7 Å². The second kappa shape index (κ2) is 9.57. The third-order valence-electron chi connectivity index (χ3n) is 5.31. The normalized spacial score (nSPS) is 10.9. The highest BCUT2D eigenvalue weighted by atomic mass is 16.6. The average molecular weight is 492 g/mol. The van der Waals surface area contributed by atoms with Gasteiger partial charge in [-0.05, 0) is 30.7 Å². The van der Waals surface area contributed by atoms with Crippen LogP contribution in [0.5, 0.6) is 23.0 Å². The van der Waals surface area contributed by atoms with Crippen LogP contribution in [-0.2, 0) is 25.6 Å². The summed E-state index contributed by atoms with van der Waals surface area (Å²) in [6.45, 7) is 6.97. The highest BCUT2D eigenvalue weighted by Crippen LogP contribution is 2.37. The van der Waals surface area contributed by atoms with Crippen LogP contribution in [0.25, 0.3) is 21.8 Å². The zero-order valence-corrected chi connectivity index (χ0v) is 20.4. The molecule has 0 saturated heterocycles. The predicted molar refractivity (Wildman–Crippen MR) is 129 cm³/mol. The number of carbonyl (C=O) groups is 4. The Morgan fingerprint density at radius 2 is 1.11 bits per heavy atom. The van der Waals surface area contributed by atoms with Crippen molar-refractivity contribution in [1.29, 1.82) is 0 Å². The molecule has 0 atom stereocenters. The summed E-state index contributed by atoms with van der Waals surface area (Å²) in [5.74, 6) is -1.61. The summed E-state index contributed by atoms with van der Waals surface area (Å²) in [5.41, 5.74) is 4.03. The molecule has 2 N–H and O–H groups in total. The molecule has 2 heterocycles. The summed E-state index contributed by atoms with van der Waals surface area (Å²) >= 11 is 0. The molecule has 0 aliphatic rings. The van der Waals surface area contributed by atoms with Crippen molar-refractivity contribution >= 4 is 45.7 Å². The van der Waals surface area contributed by atoms with Gasteiger partial charge in [0.05, 0.1) is 0 Å². The van der Waals surface area contributed by atoms with Gasteiger partial charge in [0, 0.05) is 79.4 Å². The summed E-state index contributed by atoms with van der Waals surface area (Å²) in [4.78, 5) is 52.7. The molecule has 0 aliphatic heterocycles. The fourth-order valence-electron chi connectivity index (χ4n) is 4.04. The van der Waals surface area contributed by atoms with Gasteiger partial charge in [-0.25, -0.2) is 0 Å². The van der Waals surface area contributed by atoms with Crippen LogP contribution in [0.2, 0.25) is 0 Å². The molecular formula is C26H24N2O8. The van der Waals surface area contributed by atoms with Crippen molar-refractivity contribution in [3.8, 4) is 23.0 Å². The molecule has 10 heteroatoms. The Morgan fingerprint density at radius 3 is 1.64 bits per heavy atom. The van der Waals surface area contributed by atoms with Crippen LogP contribution < -0.4 is 18.9 Å². The Balaban J connectivity index is 1.76. The van der Waals surface area contributed by atoms with Gasteiger partial charge >= 0.3 is 23.9 Å². The number of ether oxygens (including phenoxy) is 4. The van der Waals surface area contributed by atoms with E-state index in [2.05, 4.69) is 9.97 Å². The van der Waals surface area contributed by atoms with Crippen LogP contribution in [0.15, 0.2) is 30.3 Å². The summed E-state index contributed by atoms with van der Waals surface area (Å²) in [5, 5.41) is 1.55. The van der Waals surface area contributed by atoms with Gasteiger partial charge in [-0.2, -0.15) is 0 Å². The van der Waals surface area contributed by atoms with Crippen LogP contribution in [0.4, 0.5) is 0 Å². The summed E-state index contributed by atoms with van der Waals surface area (Å²) in [7, 11) is 0. The predicted octanol–water partition coefficient (Wildman–Crippen LogP) is 4.25. The molecule has 4 aromatic rings. The lowest BCUT2D eigenvalue weighted by Gasteiger charge is -2.09. The molecule has 36 heavy (non-hydrogen) atoms. The minimum absolute atomic E-state index is 0.130. The molecule has 186 valence electrons. The van der Waals surface area contributed by atoms with Crippen LogP contribution in [0.1, 0.15) is 44.6 Å². The molecule has 0 spiro atoms. The van der Waals surface area contributed by atoms with Crippen molar-refractivity contribution < 1.29 is 38.1 Å². The van der Waals surface area contributed by atoms with Crippen LogP contribution in [-0.4, -0.2) is 33.8 Å². The maximum atomic E-state index is 11.6. The van der Waals surface area contributed by atoms with Gasteiger partial charge in [0.25, 0.3) is 0 Å². The highest BCUT2D eigenvalue weighted by molar-refractivity contribution is 5.91. The average Bonchev–Trinajstić information content (AvgIpc) is 3.26. The zero-order chi connectivity index (χ0) is 26.1. The number of hydrogen-bond acceptors (Lipinski definition) is 8. The summed E-state index contributed by atoms with van der Waals surface area (Å²) < 4.78 is 20.9. The molecule has 0 radical (unpaired) electrons. The largest absolute Gasteiger partial charge is 0.423 e. The topological polar surface area (TPSA) is 137 Å². The number of fused-ring (bicyclic) bond motifs is 2. The number of hydrogen-bond donors (Lipinski definition) is 2. The standard InChI is InChI=1S/C26H24N2O8/c1-12-19(20-9-24(34-14(3)30)26(36-16(5)32)11-22(20)27-12)8-18-6-17-7-23(33-13(2)29)25(35-15(4)31)10-21(17)28-18/h6-7,9-11,27-28H,8H2,1-5H3. The fraction of sp³-hybridized carbons (Fsp3) is 0.231. The lowest BCUT2D eigenvalue weighted by atomic mass is 10.1.